The molecule has 0 radical (unpaired) electrons. The van der Waals surface area contributed by atoms with Crippen LogP contribution in [0.3, 0.4) is 0 Å². The zero-order valence-electron chi connectivity index (χ0n) is 17.4. The number of rotatable bonds is 4. The molecule has 0 unspecified atom stereocenters. The van der Waals surface area contributed by atoms with E-state index in [9.17, 15) is 4.79 Å². The van der Waals surface area contributed by atoms with Gasteiger partial charge in [-0.25, -0.2) is 0 Å². The molecule has 1 amide bonds. The average Bonchev–Trinajstić information content (AvgIpc) is 3.17. The summed E-state index contributed by atoms with van der Waals surface area (Å²) in [6.07, 6.45) is 7.68. The third-order valence-corrected chi connectivity index (χ3v) is 7.25. The monoisotopic (exact) mass is 392 g/mol. The van der Waals surface area contributed by atoms with Crippen LogP contribution in [0.15, 0.2) is 42.6 Å². The molecule has 29 heavy (non-hydrogen) atoms. The van der Waals surface area contributed by atoms with Crippen molar-refractivity contribution in [2.45, 2.75) is 57.7 Å². The second kappa shape index (κ2) is 7.94. The summed E-state index contributed by atoms with van der Waals surface area (Å²) in [6, 6.07) is 14.2. The zero-order chi connectivity index (χ0) is 19.8. The predicted molar refractivity (Wildman–Crippen MR) is 113 cm³/mol. The number of likely N-dealkylation sites (tertiary alicyclic amines) is 1. The minimum absolute atomic E-state index is 0.303. The Morgan fingerprint density at radius 1 is 1.10 bits per heavy atom. The van der Waals surface area contributed by atoms with E-state index in [4.69, 9.17) is 0 Å². The molecule has 0 spiro atoms. The van der Waals surface area contributed by atoms with Gasteiger partial charge in [0, 0.05) is 50.9 Å². The number of hydrogen-bond donors (Lipinski definition) is 0. The van der Waals surface area contributed by atoms with Crippen molar-refractivity contribution in [2.75, 3.05) is 19.6 Å². The van der Waals surface area contributed by atoms with Crippen molar-refractivity contribution in [3.8, 4) is 0 Å². The fraction of sp³-hybridized carbons (Fsp3) is 0.583. The standard InChI is InChI=1S/C24H32N4O/c1-18-10-12-27(25-18)13-11-24(29)26-15-19-14-21(17-26)23-9-5-8-22(28(23)16-19)20-6-3-2-4-7-20/h2-4,6-7,10,12,19,21-23H,5,8-9,11,13-17H2,1H3/t19-,21+,22+,23-/m0/s1. The van der Waals surface area contributed by atoms with E-state index < -0.39 is 0 Å². The van der Waals surface area contributed by atoms with Crippen molar-refractivity contribution >= 4 is 5.91 Å². The van der Waals surface area contributed by atoms with E-state index in [1.807, 2.05) is 23.9 Å². The van der Waals surface area contributed by atoms with Crippen LogP contribution >= 0.6 is 0 Å². The number of nitrogens with zero attached hydrogens (tertiary/aromatic N) is 4. The molecular formula is C24H32N4O. The van der Waals surface area contributed by atoms with E-state index in [1.165, 1.54) is 31.2 Å². The average molecular weight is 393 g/mol. The van der Waals surface area contributed by atoms with Crippen LogP contribution in [0.1, 0.15) is 49.4 Å². The Morgan fingerprint density at radius 2 is 1.97 bits per heavy atom. The second-order valence-corrected chi connectivity index (χ2v) is 9.25. The van der Waals surface area contributed by atoms with Crippen LogP contribution in [-0.4, -0.2) is 51.2 Å². The lowest BCUT2D eigenvalue weighted by atomic mass is 9.74. The van der Waals surface area contributed by atoms with Crippen LogP contribution in [0.25, 0.3) is 0 Å². The summed E-state index contributed by atoms with van der Waals surface area (Å²) in [4.78, 5) is 17.9. The Bertz CT molecular complexity index is 848. The van der Waals surface area contributed by atoms with E-state index in [0.29, 0.717) is 42.8 Å². The lowest BCUT2D eigenvalue weighted by Crippen LogP contribution is -2.60. The molecule has 2 aromatic rings. The molecule has 1 aromatic heterocycles. The molecular weight excluding hydrogens is 360 g/mol. The molecule has 5 heteroatoms. The van der Waals surface area contributed by atoms with Crippen molar-refractivity contribution in [1.82, 2.24) is 19.6 Å². The summed E-state index contributed by atoms with van der Waals surface area (Å²) in [7, 11) is 0. The molecule has 4 atom stereocenters. The van der Waals surface area contributed by atoms with E-state index in [-0.39, 0.29) is 0 Å². The van der Waals surface area contributed by atoms with Gasteiger partial charge in [0.2, 0.25) is 5.91 Å². The molecule has 0 saturated carbocycles. The van der Waals surface area contributed by atoms with Crippen LogP contribution in [0, 0.1) is 18.8 Å². The van der Waals surface area contributed by atoms with Crippen molar-refractivity contribution in [2.24, 2.45) is 11.8 Å². The minimum Gasteiger partial charge on any atom is -0.342 e. The molecule has 5 nitrogen and oxygen atoms in total. The number of aryl methyl sites for hydroxylation is 2. The van der Waals surface area contributed by atoms with Gasteiger partial charge in [-0.05, 0) is 56.1 Å². The molecule has 3 saturated heterocycles. The summed E-state index contributed by atoms with van der Waals surface area (Å²) in [5.41, 5.74) is 2.48. The zero-order valence-corrected chi connectivity index (χ0v) is 17.4. The summed E-state index contributed by atoms with van der Waals surface area (Å²) in [5, 5.41) is 4.42. The molecule has 3 aliphatic rings. The van der Waals surface area contributed by atoms with E-state index >= 15 is 0 Å². The van der Waals surface area contributed by atoms with Gasteiger partial charge < -0.3 is 4.90 Å². The first-order valence-corrected chi connectivity index (χ1v) is 11.3. The van der Waals surface area contributed by atoms with Gasteiger partial charge in [-0.2, -0.15) is 5.10 Å². The van der Waals surface area contributed by atoms with Crippen LogP contribution in [0.2, 0.25) is 0 Å². The lowest BCUT2D eigenvalue weighted by molar-refractivity contribution is -0.139. The van der Waals surface area contributed by atoms with Crippen molar-refractivity contribution in [3.05, 3.63) is 53.9 Å². The summed E-state index contributed by atoms with van der Waals surface area (Å²) in [5.74, 6) is 1.55. The third-order valence-electron chi connectivity index (χ3n) is 7.25. The van der Waals surface area contributed by atoms with Gasteiger partial charge in [0.1, 0.15) is 0 Å². The first-order valence-electron chi connectivity index (χ1n) is 11.3. The van der Waals surface area contributed by atoms with Gasteiger partial charge in [-0.15, -0.1) is 0 Å². The van der Waals surface area contributed by atoms with Crippen LogP contribution < -0.4 is 0 Å². The minimum atomic E-state index is 0.303. The van der Waals surface area contributed by atoms with Crippen LogP contribution in [0.4, 0.5) is 0 Å². The largest absolute Gasteiger partial charge is 0.342 e. The van der Waals surface area contributed by atoms with Gasteiger partial charge in [0.15, 0.2) is 0 Å². The lowest BCUT2D eigenvalue weighted by Gasteiger charge is -2.55. The quantitative estimate of drug-likeness (QED) is 0.797. The maximum Gasteiger partial charge on any atom is 0.224 e. The maximum atomic E-state index is 12.9. The SMILES string of the molecule is Cc1ccn(CCC(=O)N2C[C@@H]3C[C@H](C2)[C@@H]2CCC[C@H](c4ccccc4)N2C3)n1. The maximum absolute atomic E-state index is 12.9. The number of aromatic nitrogens is 2. The number of benzene rings is 1. The number of fused-ring (bicyclic) bond motifs is 4. The molecule has 4 heterocycles. The van der Waals surface area contributed by atoms with Gasteiger partial charge in [-0.3, -0.25) is 14.4 Å². The topological polar surface area (TPSA) is 41.4 Å². The fourth-order valence-corrected chi connectivity index (χ4v) is 6.00. The smallest absolute Gasteiger partial charge is 0.224 e. The van der Waals surface area contributed by atoms with Crippen molar-refractivity contribution < 1.29 is 4.79 Å². The van der Waals surface area contributed by atoms with Gasteiger partial charge >= 0.3 is 0 Å². The highest BCUT2D eigenvalue weighted by molar-refractivity contribution is 5.76. The molecule has 1 aromatic carbocycles. The first kappa shape index (κ1) is 18.9. The Hall–Kier alpha value is -2.14. The Morgan fingerprint density at radius 3 is 2.76 bits per heavy atom. The summed E-state index contributed by atoms with van der Waals surface area (Å²) in [6.45, 7) is 5.68. The number of amides is 1. The van der Waals surface area contributed by atoms with E-state index in [1.54, 1.807) is 0 Å². The van der Waals surface area contributed by atoms with Gasteiger partial charge in [0.25, 0.3) is 0 Å². The molecule has 0 N–H and O–H groups in total. The van der Waals surface area contributed by atoms with Crippen LogP contribution in [0.5, 0.6) is 0 Å². The highest BCUT2D eigenvalue weighted by Crippen LogP contribution is 2.44. The Balaban J connectivity index is 1.25. The van der Waals surface area contributed by atoms with Gasteiger partial charge in [0.05, 0.1) is 5.69 Å². The Labute approximate surface area is 173 Å². The van der Waals surface area contributed by atoms with Crippen molar-refractivity contribution in [1.29, 1.82) is 0 Å². The first-order chi connectivity index (χ1) is 14.2. The summed E-state index contributed by atoms with van der Waals surface area (Å²) < 4.78 is 1.89. The summed E-state index contributed by atoms with van der Waals surface area (Å²) >= 11 is 0. The second-order valence-electron chi connectivity index (χ2n) is 9.25. The van der Waals surface area contributed by atoms with E-state index in [2.05, 4.69) is 45.2 Å². The highest BCUT2D eigenvalue weighted by Gasteiger charge is 2.45. The molecule has 0 aliphatic carbocycles. The molecule has 2 bridgehead atoms. The van der Waals surface area contributed by atoms with E-state index in [0.717, 1.165) is 25.3 Å². The molecule has 154 valence electrons. The number of piperidine rings is 3. The predicted octanol–water partition coefficient (Wildman–Crippen LogP) is 3.66. The Kier molecular flexibility index (Phi) is 5.17. The molecule has 5 rings (SSSR count). The molecule has 3 fully saturated rings. The van der Waals surface area contributed by atoms with Crippen molar-refractivity contribution in [3.63, 3.8) is 0 Å². The number of carbonyl (C=O) groups excluding carboxylic acids is 1. The normalized spacial score (nSPS) is 29.5. The van der Waals surface area contributed by atoms with Gasteiger partial charge in [-0.1, -0.05) is 30.3 Å². The van der Waals surface area contributed by atoms with Crippen LogP contribution in [-0.2, 0) is 11.3 Å². The number of carbonyl (C=O) groups is 1. The highest BCUT2D eigenvalue weighted by atomic mass is 16.2. The number of hydrogen-bond acceptors (Lipinski definition) is 3. The molecule has 3 aliphatic heterocycles. The fourth-order valence-electron chi connectivity index (χ4n) is 6.00. The third kappa shape index (κ3) is 3.85.